The maximum Gasteiger partial charge on any atom is 0.355 e. The number of hydrogen-bond donors (Lipinski definition) is 0. The summed E-state index contributed by atoms with van der Waals surface area (Å²) in [5.41, 5.74) is -0.839. The smallest absolute Gasteiger partial charge is 0.355 e. The Morgan fingerprint density at radius 2 is 1.93 bits per heavy atom. The highest BCUT2D eigenvalue weighted by atomic mass is 19.1. The van der Waals surface area contributed by atoms with Crippen LogP contribution < -0.4 is 5.43 Å². The van der Waals surface area contributed by atoms with Gasteiger partial charge in [-0.2, -0.15) is 0 Å². The lowest BCUT2D eigenvalue weighted by atomic mass is 10.1. The molecule has 0 bridgehead atoms. The van der Waals surface area contributed by atoms with Gasteiger partial charge in [0.1, 0.15) is 22.8 Å². The maximum atomic E-state index is 13.8. The van der Waals surface area contributed by atoms with Gasteiger partial charge in [-0.25, -0.2) is 14.0 Å². The average molecular weight is 399 g/mol. The summed E-state index contributed by atoms with van der Waals surface area (Å²) >= 11 is 0. The van der Waals surface area contributed by atoms with Gasteiger partial charge in [-0.1, -0.05) is 0 Å². The summed E-state index contributed by atoms with van der Waals surface area (Å²) in [5, 5.41) is -0.0785. The Morgan fingerprint density at radius 3 is 2.59 bits per heavy atom. The standard InChI is InChI=1S/C21H18FNO6/c1-3-27-20(25)16-12-23(17-8-7-13(22)10-15(17)19(16)24)18(21(26)28-4-2)11-14-6-5-9-29-14/h5-12H,3-4H2,1-2H3/b18-11+. The SMILES string of the molecule is CCOC(=O)/C(=C\c1ccco1)n1cc(C(=O)OCC)c(=O)c2cc(F)ccc21. The fourth-order valence-electron chi connectivity index (χ4n) is 2.80. The number of pyridine rings is 1. The van der Waals surface area contributed by atoms with E-state index in [1.165, 1.54) is 29.2 Å². The van der Waals surface area contributed by atoms with Crippen molar-refractivity contribution < 1.29 is 27.9 Å². The van der Waals surface area contributed by atoms with Crippen LogP contribution in [0.3, 0.4) is 0 Å². The second-order valence-electron chi connectivity index (χ2n) is 5.89. The molecule has 0 unspecified atom stereocenters. The second kappa shape index (κ2) is 8.55. The zero-order valence-electron chi connectivity index (χ0n) is 15.8. The minimum Gasteiger partial charge on any atom is -0.465 e. The van der Waals surface area contributed by atoms with Crippen LogP contribution in [-0.2, 0) is 14.3 Å². The van der Waals surface area contributed by atoms with E-state index in [9.17, 15) is 18.8 Å². The van der Waals surface area contributed by atoms with E-state index in [4.69, 9.17) is 13.9 Å². The molecule has 3 aromatic rings. The first kappa shape index (κ1) is 20.1. The summed E-state index contributed by atoms with van der Waals surface area (Å²) < 4.78 is 30.5. The van der Waals surface area contributed by atoms with Crippen molar-refractivity contribution in [2.24, 2.45) is 0 Å². The predicted octanol–water partition coefficient (Wildman–Crippen LogP) is 3.47. The molecule has 2 heterocycles. The van der Waals surface area contributed by atoms with Gasteiger partial charge >= 0.3 is 11.9 Å². The number of rotatable bonds is 6. The lowest BCUT2D eigenvalue weighted by Crippen LogP contribution is -2.23. The number of carbonyl (C=O) groups excluding carboxylic acids is 2. The zero-order chi connectivity index (χ0) is 21.0. The molecule has 0 atom stereocenters. The number of ether oxygens (including phenoxy) is 2. The van der Waals surface area contributed by atoms with Crippen molar-refractivity contribution >= 4 is 34.6 Å². The molecule has 0 amide bonds. The van der Waals surface area contributed by atoms with E-state index < -0.39 is 23.2 Å². The largest absolute Gasteiger partial charge is 0.465 e. The van der Waals surface area contributed by atoms with Crippen LogP contribution in [0.15, 0.2) is 52.0 Å². The molecule has 0 aliphatic heterocycles. The van der Waals surface area contributed by atoms with Gasteiger partial charge < -0.3 is 18.5 Å². The van der Waals surface area contributed by atoms with Crippen LogP contribution in [0.4, 0.5) is 4.39 Å². The number of furan rings is 1. The summed E-state index contributed by atoms with van der Waals surface area (Å²) in [6.07, 6.45) is 4.02. The monoisotopic (exact) mass is 399 g/mol. The Hall–Kier alpha value is -3.68. The highest BCUT2D eigenvalue weighted by molar-refractivity contribution is 6.17. The first-order valence-corrected chi connectivity index (χ1v) is 8.91. The van der Waals surface area contributed by atoms with Gasteiger partial charge in [-0.15, -0.1) is 0 Å². The molecular formula is C21H18FNO6. The van der Waals surface area contributed by atoms with E-state index in [-0.39, 0.29) is 35.4 Å². The van der Waals surface area contributed by atoms with Crippen molar-refractivity contribution in [1.82, 2.24) is 4.57 Å². The van der Waals surface area contributed by atoms with Crippen molar-refractivity contribution in [2.45, 2.75) is 13.8 Å². The first-order chi connectivity index (χ1) is 14.0. The van der Waals surface area contributed by atoms with Crippen LogP contribution in [0, 0.1) is 5.82 Å². The van der Waals surface area contributed by atoms with E-state index in [0.29, 0.717) is 5.76 Å². The van der Waals surface area contributed by atoms with Crippen LogP contribution in [0.2, 0.25) is 0 Å². The Labute approximate surface area is 165 Å². The van der Waals surface area contributed by atoms with Crippen molar-refractivity contribution in [1.29, 1.82) is 0 Å². The Kier molecular flexibility index (Phi) is 5.92. The number of hydrogen-bond acceptors (Lipinski definition) is 6. The van der Waals surface area contributed by atoms with Crippen molar-refractivity contribution in [2.75, 3.05) is 13.2 Å². The van der Waals surface area contributed by atoms with Crippen LogP contribution in [0.5, 0.6) is 0 Å². The average Bonchev–Trinajstić information content (AvgIpc) is 3.20. The van der Waals surface area contributed by atoms with Crippen LogP contribution in [-0.4, -0.2) is 29.7 Å². The van der Waals surface area contributed by atoms with Gasteiger partial charge in [0.15, 0.2) is 0 Å². The summed E-state index contributed by atoms with van der Waals surface area (Å²) in [7, 11) is 0. The Morgan fingerprint density at radius 1 is 1.17 bits per heavy atom. The van der Waals surface area contributed by atoms with Gasteiger partial charge in [-0.3, -0.25) is 4.79 Å². The summed E-state index contributed by atoms with van der Waals surface area (Å²) in [6.45, 7) is 3.39. The topological polar surface area (TPSA) is 87.7 Å². The van der Waals surface area contributed by atoms with Crippen molar-refractivity contribution in [3.8, 4) is 0 Å². The lowest BCUT2D eigenvalue weighted by Gasteiger charge is -2.15. The number of halogens is 1. The van der Waals surface area contributed by atoms with Gasteiger partial charge in [0.2, 0.25) is 5.43 Å². The van der Waals surface area contributed by atoms with Crippen LogP contribution in [0.1, 0.15) is 30.0 Å². The van der Waals surface area contributed by atoms with Crippen molar-refractivity contribution in [3.05, 3.63) is 70.2 Å². The minimum absolute atomic E-state index is 0.0241. The normalized spacial score (nSPS) is 11.5. The van der Waals surface area contributed by atoms with Gasteiger partial charge in [0, 0.05) is 17.7 Å². The number of fused-ring (bicyclic) bond motifs is 1. The quantitative estimate of drug-likeness (QED) is 0.466. The third-order valence-corrected chi connectivity index (χ3v) is 4.03. The molecule has 0 fully saturated rings. The second-order valence-corrected chi connectivity index (χ2v) is 5.89. The number of carbonyl (C=O) groups is 2. The lowest BCUT2D eigenvalue weighted by molar-refractivity contribution is -0.136. The number of nitrogens with zero attached hydrogens (tertiary/aromatic N) is 1. The third kappa shape index (κ3) is 4.11. The number of esters is 2. The van der Waals surface area contributed by atoms with Gasteiger partial charge in [0.05, 0.1) is 25.0 Å². The molecule has 0 saturated heterocycles. The zero-order valence-corrected chi connectivity index (χ0v) is 15.8. The molecule has 29 heavy (non-hydrogen) atoms. The van der Waals surface area contributed by atoms with E-state index in [1.54, 1.807) is 26.0 Å². The molecule has 3 rings (SSSR count). The van der Waals surface area contributed by atoms with Gasteiger partial charge in [-0.05, 0) is 44.2 Å². The summed E-state index contributed by atoms with van der Waals surface area (Å²) in [4.78, 5) is 37.7. The van der Waals surface area contributed by atoms with E-state index >= 15 is 0 Å². The first-order valence-electron chi connectivity index (χ1n) is 8.91. The Balaban J connectivity index is 2.35. The van der Waals surface area contributed by atoms with Crippen molar-refractivity contribution in [3.63, 3.8) is 0 Å². The maximum absolute atomic E-state index is 13.8. The van der Waals surface area contributed by atoms with Crippen LogP contribution in [0.25, 0.3) is 22.7 Å². The molecule has 0 radical (unpaired) electrons. The molecule has 150 valence electrons. The molecule has 0 aliphatic rings. The molecule has 8 heteroatoms. The van der Waals surface area contributed by atoms with E-state index in [1.807, 2.05) is 0 Å². The summed E-state index contributed by atoms with van der Waals surface area (Å²) in [6, 6.07) is 6.76. The van der Waals surface area contributed by atoms with Crippen LogP contribution >= 0.6 is 0 Å². The molecule has 2 aromatic heterocycles. The fourth-order valence-corrected chi connectivity index (χ4v) is 2.80. The molecule has 0 N–H and O–H groups in total. The molecule has 7 nitrogen and oxygen atoms in total. The van der Waals surface area contributed by atoms with E-state index in [0.717, 1.165) is 12.1 Å². The predicted molar refractivity (Wildman–Crippen MR) is 104 cm³/mol. The minimum atomic E-state index is -0.876. The molecule has 0 aliphatic carbocycles. The molecule has 0 saturated carbocycles. The Bertz CT molecular complexity index is 1140. The molecule has 0 spiro atoms. The third-order valence-electron chi connectivity index (χ3n) is 4.03. The molecule has 1 aromatic carbocycles. The highest BCUT2D eigenvalue weighted by Crippen LogP contribution is 2.22. The fraction of sp³-hybridized carbons (Fsp3) is 0.190. The van der Waals surface area contributed by atoms with E-state index in [2.05, 4.69) is 0 Å². The summed E-state index contributed by atoms with van der Waals surface area (Å²) in [5.74, 6) is -1.90. The number of aromatic nitrogens is 1. The molecular weight excluding hydrogens is 381 g/mol. The van der Waals surface area contributed by atoms with Gasteiger partial charge in [0.25, 0.3) is 0 Å². The highest BCUT2D eigenvalue weighted by Gasteiger charge is 2.22. The number of benzene rings is 1.